The third-order valence-corrected chi connectivity index (χ3v) is 5.27. The maximum absolute atomic E-state index is 12.2. The molecule has 0 aliphatic rings. The largest absolute Gasteiger partial charge is 0.462 e. The molecule has 0 fully saturated rings. The lowest BCUT2D eigenvalue weighted by Crippen LogP contribution is -2.16. The van der Waals surface area contributed by atoms with Crippen molar-refractivity contribution >= 4 is 5.97 Å². The number of carbonyl (C=O) groups is 1. The molecule has 0 atom stereocenters. The molecule has 1 N–H and O–H groups in total. The lowest BCUT2D eigenvalue weighted by molar-refractivity contribution is 0.0526. The van der Waals surface area contributed by atoms with E-state index in [0.717, 1.165) is 25.9 Å². The zero-order valence-corrected chi connectivity index (χ0v) is 18.9. The summed E-state index contributed by atoms with van der Waals surface area (Å²) in [7, 11) is 0. The first-order chi connectivity index (χ1) is 15.1. The van der Waals surface area contributed by atoms with Crippen LogP contribution in [0.4, 0.5) is 0 Å². The number of rotatable bonds is 10. The van der Waals surface area contributed by atoms with E-state index in [4.69, 9.17) is 4.74 Å². The van der Waals surface area contributed by atoms with Crippen molar-refractivity contribution in [2.75, 3.05) is 13.2 Å². The van der Waals surface area contributed by atoms with Gasteiger partial charge in [0.1, 0.15) is 0 Å². The molecule has 0 unspecified atom stereocenters. The monoisotopic (exact) mass is 415 g/mol. The molecule has 31 heavy (non-hydrogen) atoms. The summed E-state index contributed by atoms with van der Waals surface area (Å²) in [5, 5.41) is 3.51. The highest BCUT2D eigenvalue weighted by atomic mass is 16.5. The molecule has 3 nitrogen and oxygen atoms in total. The van der Waals surface area contributed by atoms with Crippen molar-refractivity contribution in [1.29, 1.82) is 0 Å². The summed E-state index contributed by atoms with van der Waals surface area (Å²) in [6.45, 7) is 8.46. The average Bonchev–Trinajstić information content (AvgIpc) is 2.78. The van der Waals surface area contributed by atoms with Gasteiger partial charge in [0.25, 0.3) is 0 Å². The van der Waals surface area contributed by atoms with Crippen LogP contribution in [0.1, 0.15) is 47.8 Å². The minimum absolute atomic E-state index is 0.252. The van der Waals surface area contributed by atoms with Crippen molar-refractivity contribution in [1.82, 2.24) is 5.32 Å². The molecule has 0 aliphatic carbocycles. The molecule has 3 rings (SSSR count). The molecule has 0 saturated carbocycles. The third kappa shape index (κ3) is 6.80. The van der Waals surface area contributed by atoms with E-state index in [1.807, 2.05) is 25.1 Å². The predicted molar refractivity (Wildman–Crippen MR) is 128 cm³/mol. The van der Waals surface area contributed by atoms with Crippen LogP contribution in [-0.4, -0.2) is 19.1 Å². The summed E-state index contributed by atoms with van der Waals surface area (Å²) >= 11 is 0. The van der Waals surface area contributed by atoms with Gasteiger partial charge in [0.05, 0.1) is 12.2 Å². The molecule has 0 heterocycles. The first-order valence-electron chi connectivity index (χ1n) is 11.2. The van der Waals surface area contributed by atoms with Crippen LogP contribution >= 0.6 is 0 Å². The Bertz CT molecular complexity index is 962. The number of ether oxygens (including phenoxy) is 1. The van der Waals surface area contributed by atoms with Gasteiger partial charge in [0.15, 0.2) is 0 Å². The van der Waals surface area contributed by atoms with E-state index < -0.39 is 0 Å². The number of benzene rings is 3. The fourth-order valence-corrected chi connectivity index (χ4v) is 3.74. The number of hydrogen-bond donors (Lipinski definition) is 1. The van der Waals surface area contributed by atoms with E-state index in [-0.39, 0.29) is 5.97 Å². The van der Waals surface area contributed by atoms with Gasteiger partial charge in [-0.1, -0.05) is 74.5 Å². The van der Waals surface area contributed by atoms with Gasteiger partial charge in [-0.2, -0.15) is 0 Å². The molecule has 3 heteroatoms. The van der Waals surface area contributed by atoms with Gasteiger partial charge < -0.3 is 10.1 Å². The second-order valence-electron chi connectivity index (χ2n) is 8.30. The van der Waals surface area contributed by atoms with Crippen LogP contribution < -0.4 is 5.32 Å². The second-order valence-corrected chi connectivity index (χ2v) is 8.30. The highest BCUT2D eigenvalue weighted by Gasteiger charge is 2.13. The number of hydrogen-bond acceptors (Lipinski definition) is 3. The molecule has 0 aliphatic heterocycles. The van der Waals surface area contributed by atoms with E-state index in [2.05, 4.69) is 73.8 Å². The standard InChI is InChI=1S/C28H33NO2/c1-4-31-28(30)25-14-15-27(26(19-25)18-21(2)3)24-12-10-22(11-13-24)16-17-29-20-23-8-6-5-7-9-23/h5-15,19,21,29H,4,16-18,20H2,1-3H3. The summed E-state index contributed by atoms with van der Waals surface area (Å²) in [5.41, 5.74) is 6.82. The summed E-state index contributed by atoms with van der Waals surface area (Å²) in [4.78, 5) is 12.2. The topological polar surface area (TPSA) is 38.3 Å². The van der Waals surface area contributed by atoms with Crippen molar-refractivity contribution < 1.29 is 9.53 Å². The quantitative estimate of drug-likeness (QED) is 0.323. The normalized spacial score (nSPS) is 11.0. The Labute approximate surface area is 186 Å². The zero-order valence-electron chi connectivity index (χ0n) is 18.9. The van der Waals surface area contributed by atoms with Gasteiger partial charge in [0, 0.05) is 6.54 Å². The Balaban J connectivity index is 1.66. The summed E-state index contributed by atoms with van der Waals surface area (Å²) in [6, 6.07) is 25.2. The predicted octanol–water partition coefficient (Wildman–Crippen LogP) is 6.06. The molecule has 0 amide bonds. The lowest BCUT2D eigenvalue weighted by atomic mass is 9.91. The van der Waals surface area contributed by atoms with Crippen LogP contribution in [-0.2, 0) is 24.1 Å². The van der Waals surface area contributed by atoms with Gasteiger partial charge in [-0.05, 0) is 72.2 Å². The van der Waals surface area contributed by atoms with E-state index >= 15 is 0 Å². The Morgan fingerprint density at radius 1 is 0.935 bits per heavy atom. The molecular formula is C28H33NO2. The van der Waals surface area contributed by atoms with E-state index in [1.165, 1.54) is 27.8 Å². The Morgan fingerprint density at radius 3 is 2.35 bits per heavy atom. The molecule has 0 saturated heterocycles. The van der Waals surface area contributed by atoms with E-state index in [1.54, 1.807) is 0 Å². The summed E-state index contributed by atoms with van der Waals surface area (Å²) in [5.74, 6) is 0.253. The third-order valence-electron chi connectivity index (χ3n) is 5.27. The Morgan fingerprint density at radius 2 is 1.68 bits per heavy atom. The smallest absolute Gasteiger partial charge is 0.338 e. The van der Waals surface area contributed by atoms with Gasteiger partial charge in [-0.3, -0.25) is 0 Å². The minimum Gasteiger partial charge on any atom is -0.462 e. The first-order valence-corrected chi connectivity index (χ1v) is 11.2. The highest BCUT2D eigenvalue weighted by Crippen LogP contribution is 2.28. The zero-order chi connectivity index (χ0) is 22.1. The minimum atomic E-state index is -0.252. The van der Waals surface area contributed by atoms with E-state index in [0.29, 0.717) is 18.1 Å². The van der Waals surface area contributed by atoms with Crippen molar-refractivity contribution in [2.45, 2.75) is 40.2 Å². The second kappa shape index (κ2) is 11.5. The van der Waals surface area contributed by atoms with Crippen molar-refractivity contribution in [2.24, 2.45) is 5.92 Å². The molecular weight excluding hydrogens is 382 g/mol. The fraction of sp³-hybridized carbons (Fsp3) is 0.321. The Kier molecular flexibility index (Phi) is 8.43. The van der Waals surface area contributed by atoms with Gasteiger partial charge in [-0.25, -0.2) is 4.79 Å². The van der Waals surface area contributed by atoms with Crippen LogP contribution in [0.5, 0.6) is 0 Å². The van der Waals surface area contributed by atoms with Gasteiger partial charge in [0.2, 0.25) is 0 Å². The number of nitrogens with one attached hydrogen (secondary N) is 1. The fourth-order valence-electron chi connectivity index (χ4n) is 3.74. The molecule has 0 radical (unpaired) electrons. The molecule has 0 spiro atoms. The van der Waals surface area contributed by atoms with Crippen molar-refractivity contribution in [3.05, 3.63) is 95.1 Å². The van der Waals surface area contributed by atoms with Crippen LogP contribution in [0.15, 0.2) is 72.8 Å². The van der Waals surface area contributed by atoms with Crippen LogP contribution in [0.25, 0.3) is 11.1 Å². The lowest BCUT2D eigenvalue weighted by Gasteiger charge is -2.14. The Hall–Kier alpha value is -2.91. The van der Waals surface area contributed by atoms with Gasteiger partial charge >= 0.3 is 5.97 Å². The molecule has 162 valence electrons. The average molecular weight is 416 g/mol. The molecule has 0 bridgehead atoms. The molecule has 3 aromatic carbocycles. The van der Waals surface area contributed by atoms with Crippen LogP contribution in [0.2, 0.25) is 0 Å². The highest BCUT2D eigenvalue weighted by molar-refractivity contribution is 5.90. The number of esters is 1. The molecule has 0 aromatic heterocycles. The molecule has 3 aromatic rings. The SMILES string of the molecule is CCOC(=O)c1ccc(-c2ccc(CCNCc3ccccc3)cc2)c(CC(C)C)c1. The maximum Gasteiger partial charge on any atom is 0.338 e. The number of carbonyl (C=O) groups excluding carboxylic acids is 1. The van der Waals surface area contributed by atoms with Crippen LogP contribution in [0.3, 0.4) is 0 Å². The van der Waals surface area contributed by atoms with Crippen LogP contribution in [0, 0.1) is 5.92 Å². The van der Waals surface area contributed by atoms with Crippen molar-refractivity contribution in [3.63, 3.8) is 0 Å². The van der Waals surface area contributed by atoms with E-state index in [9.17, 15) is 4.79 Å². The summed E-state index contributed by atoms with van der Waals surface area (Å²) in [6.07, 6.45) is 1.92. The summed E-state index contributed by atoms with van der Waals surface area (Å²) < 4.78 is 5.18. The van der Waals surface area contributed by atoms with Gasteiger partial charge in [-0.15, -0.1) is 0 Å². The maximum atomic E-state index is 12.2. The first kappa shape index (κ1) is 22.8. The van der Waals surface area contributed by atoms with Crippen molar-refractivity contribution in [3.8, 4) is 11.1 Å².